The molecule has 0 aliphatic heterocycles. The molecular weight excluding hydrogens is 462 g/mol. The number of hydrogen-bond acceptors (Lipinski definition) is 3. The predicted molar refractivity (Wildman–Crippen MR) is 147 cm³/mol. The van der Waals surface area contributed by atoms with Gasteiger partial charge in [0.1, 0.15) is 0 Å². The van der Waals surface area contributed by atoms with Crippen molar-refractivity contribution < 1.29 is 9.72 Å². The Labute approximate surface area is 215 Å². The summed E-state index contributed by atoms with van der Waals surface area (Å²) >= 11 is 0. The molecule has 5 rings (SSSR count). The Morgan fingerprint density at radius 1 is 0.919 bits per heavy atom. The second-order valence-electron chi connectivity index (χ2n) is 9.28. The average Bonchev–Trinajstić information content (AvgIpc) is 3.23. The summed E-state index contributed by atoms with van der Waals surface area (Å²) in [7, 11) is 0. The molecule has 1 aromatic heterocycles. The normalized spacial score (nSPS) is 11.8. The maximum absolute atomic E-state index is 13.0. The van der Waals surface area contributed by atoms with Gasteiger partial charge in [0, 0.05) is 41.3 Å². The fourth-order valence-electron chi connectivity index (χ4n) is 4.63. The Morgan fingerprint density at radius 2 is 1.59 bits per heavy atom. The quantitative estimate of drug-likeness (QED) is 0.196. The third-order valence-electron chi connectivity index (χ3n) is 6.71. The van der Waals surface area contributed by atoms with Gasteiger partial charge in [-0.15, -0.1) is 0 Å². The maximum Gasteiger partial charge on any atom is 0.269 e. The van der Waals surface area contributed by atoms with Gasteiger partial charge in [0.15, 0.2) is 0 Å². The molecule has 1 N–H and O–H groups in total. The Hall–Kier alpha value is -4.71. The van der Waals surface area contributed by atoms with E-state index in [0.29, 0.717) is 5.56 Å². The fourth-order valence-corrected chi connectivity index (χ4v) is 4.63. The summed E-state index contributed by atoms with van der Waals surface area (Å²) in [5.74, 6) is -0.184. The van der Waals surface area contributed by atoms with E-state index in [1.165, 1.54) is 28.8 Å². The molecule has 184 valence electrons. The lowest BCUT2D eigenvalue weighted by Crippen LogP contribution is -2.26. The molecule has 0 aliphatic carbocycles. The summed E-state index contributed by atoms with van der Waals surface area (Å²) in [6.45, 7) is 4.66. The number of nitro benzene ring substituents is 1. The number of aromatic nitrogens is 1. The predicted octanol–water partition coefficient (Wildman–Crippen LogP) is 7.06. The van der Waals surface area contributed by atoms with Crippen LogP contribution >= 0.6 is 0 Å². The molecule has 0 fully saturated rings. The van der Waals surface area contributed by atoms with Crippen LogP contribution in [0.4, 0.5) is 5.69 Å². The van der Waals surface area contributed by atoms with Crippen molar-refractivity contribution in [2.75, 3.05) is 0 Å². The first-order valence-corrected chi connectivity index (χ1v) is 12.2. The van der Waals surface area contributed by atoms with Crippen LogP contribution in [0, 0.1) is 17.0 Å². The average molecular weight is 490 g/mol. The molecular formula is C31H27N3O3. The van der Waals surface area contributed by atoms with Gasteiger partial charge in [-0.3, -0.25) is 14.9 Å². The number of rotatable bonds is 7. The Bertz CT molecular complexity index is 1570. The van der Waals surface area contributed by atoms with E-state index in [1.54, 1.807) is 12.1 Å². The molecule has 4 aromatic carbocycles. The largest absolute Gasteiger partial charge is 0.346 e. The number of carbonyl (C=O) groups excluding carboxylic acids is 1. The van der Waals surface area contributed by atoms with E-state index in [9.17, 15) is 14.9 Å². The molecule has 0 bridgehead atoms. The number of aryl methyl sites for hydroxylation is 1. The van der Waals surface area contributed by atoms with Crippen LogP contribution in [0.5, 0.6) is 0 Å². The molecule has 0 saturated carbocycles. The zero-order valence-electron chi connectivity index (χ0n) is 20.7. The monoisotopic (exact) mass is 489 g/mol. The highest BCUT2D eigenvalue weighted by molar-refractivity contribution is 5.99. The molecule has 37 heavy (non-hydrogen) atoms. The van der Waals surface area contributed by atoms with Crippen molar-refractivity contribution in [3.63, 3.8) is 0 Å². The van der Waals surface area contributed by atoms with E-state index in [2.05, 4.69) is 59.4 Å². The number of fused-ring (bicyclic) bond motifs is 1. The molecule has 6 nitrogen and oxygen atoms in total. The molecule has 6 heteroatoms. The van der Waals surface area contributed by atoms with Crippen LogP contribution in [0.15, 0.2) is 103 Å². The van der Waals surface area contributed by atoms with Gasteiger partial charge in [-0.1, -0.05) is 66.7 Å². The second kappa shape index (κ2) is 10.1. The Morgan fingerprint density at radius 3 is 2.27 bits per heavy atom. The third kappa shape index (κ3) is 5.14. The van der Waals surface area contributed by atoms with Crippen molar-refractivity contribution in [2.45, 2.75) is 26.4 Å². The summed E-state index contributed by atoms with van der Waals surface area (Å²) in [6.07, 6.45) is 2.12. The van der Waals surface area contributed by atoms with E-state index in [0.717, 1.165) is 28.6 Å². The molecule has 0 radical (unpaired) electrons. The third-order valence-corrected chi connectivity index (χ3v) is 6.71. The van der Waals surface area contributed by atoms with Gasteiger partial charge in [0.2, 0.25) is 0 Å². The topological polar surface area (TPSA) is 77.2 Å². The second-order valence-corrected chi connectivity index (χ2v) is 9.28. The number of hydrogen-bond donors (Lipinski definition) is 1. The minimum absolute atomic E-state index is 0.0276. The summed E-state index contributed by atoms with van der Waals surface area (Å²) in [4.78, 5) is 23.4. The zero-order valence-corrected chi connectivity index (χ0v) is 20.7. The smallest absolute Gasteiger partial charge is 0.269 e. The van der Waals surface area contributed by atoms with E-state index in [-0.39, 0.29) is 17.6 Å². The van der Waals surface area contributed by atoms with Crippen LogP contribution in [-0.4, -0.2) is 15.4 Å². The highest BCUT2D eigenvalue weighted by atomic mass is 16.6. The number of carbonyl (C=O) groups is 1. The van der Waals surface area contributed by atoms with Crippen molar-refractivity contribution in [3.05, 3.63) is 136 Å². The first-order chi connectivity index (χ1) is 17.9. The van der Waals surface area contributed by atoms with Gasteiger partial charge in [-0.05, 0) is 59.9 Å². The number of nitrogens with one attached hydrogen (secondary N) is 1. The van der Waals surface area contributed by atoms with E-state index >= 15 is 0 Å². The molecule has 0 unspecified atom stereocenters. The zero-order chi connectivity index (χ0) is 25.9. The number of nitro groups is 1. The van der Waals surface area contributed by atoms with Crippen LogP contribution in [0.2, 0.25) is 0 Å². The van der Waals surface area contributed by atoms with Crippen molar-refractivity contribution in [1.82, 2.24) is 9.88 Å². The van der Waals surface area contributed by atoms with Crippen LogP contribution in [0.25, 0.3) is 22.0 Å². The molecule has 0 spiro atoms. The van der Waals surface area contributed by atoms with Crippen LogP contribution in [-0.2, 0) is 6.54 Å². The summed E-state index contributed by atoms with van der Waals surface area (Å²) in [5.41, 5.74) is 7.19. The molecule has 0 aliphatic rings. The van der Waals surface area contributed by atoms with Crippen molar-refractivity contribution in [1.29, 1.82) is 0 Å². The van der Waals surface area contributed by atoms with Crippen molar-refractivity contribution in [2.24, 2.45) is 0 Å². The van der Waals surface area contributed by atoms with Gasteiger partial charge >= 0.3 is 0 Å². The van der Waals surface area contributed by atoms with E-state index in [4.69, 9.17) is 0 Å². The van der Waals surface area contributed by atoms with Gasteiger partial charge in [0.25, 0.3) is 11.6 Å². The van der Waals surface area contributed by atoms with Gasteiger partial charge in [0.05, 0.1) is 11.0 Å². The summed E-state index contributed by atoms with van der Waals surface area (Å²) in [6, 6.07) is 30.7. The number of non-ortho nitro benzene ring substituents is 1. The first kappa shape index (κ1) is 24.0. The fraction of sp³-hybridized carbons (Fsp3) is 0.129. The highest BCUT2D eigenvalue weighted by Crippen LogP contribution is 2.25. The molecule has 1 heterocycles. The highest BCUT2D eigenvalue weighted by Gasteiger charge is 2.15. The minimum atomic E-state index is -0.434. The molecule has 5 aromatic rings. The SMILES string of the molecule is Cc1cn(Cc2ccc(-c3ccccc3)cc2)c2ccc(C(=O)N[C@@H](C)c3ccc([N+](=O)[O-])cc3)cc12. The minimum Gasteiger partial charge on any atom is -0.346 e. The van der Waals surface area contributed by atoms with Crippen molar-refractivity contribution >= 4 is 22.5 Å². The number of amides is 1. The lowest BCUT2D eigenvalue weighted by molar-refractivity contribution is -0.384. The maximum atomic E-state index is 13.0. The van der Waals surface area contributed by atoms with E-state index < -0.39 is 4.92 Å². The van der Waals surface area contributed by atoms with Crippen LogP contribution < -0.4 is 5.32 Å². The van der Waals surface area contributed by atoms with E-state index in [1.807, 2.05) is 43.3 Å². The number of nitrogens with zero attached hydrogens (tertiary/aromatic N) is 2. The molecule has 1 atom stereocenters. The Balaban J connectivity index is 1.31. The van der Waals surface area contributed by atoms with Crippen molar-refractivity contribution in [3.8, 4) is 11.1 Å². The lowest BCUT2D eigenvalue weighted by atomic mass is 10.0. The Kier molecular flexibility index (Phi) is 6.56. The molecule has 0 saturated heterocycles. The van der Waals surface area contributed by atoms with Gasteiger partial charge in [-0.2, -0.15) is 0 Å². The first-order valence-electron chi connectivity index (χ1n) is 12.2. The lowest BCUT2D eigenvalue weighted by Gasteiger charge is -2.14. The number of benzene rings is 4. The van der Waals surface area contributed by atoms with Crippen LogP contribution in [0.3, 0.4) is 0 Å². The van der Waals surface area contributed by atoms with Gasteiger partial charge < -0.3 is 9.88 Å². The van der Waals surface area contributed by atoms with Gasteiger partial charge in [-0.25, -0.2) is 0 Å². The standard InChI is InChI=1S/C31H27N3O3/c1-21-19-33(20-23-8-10-26(11-9-23)25-6-4-3-5-7-25)30-17-14-27(18-29(21)30)31(35)32-22(2)24-12-15-28(16-13-24)34(36)37/h3-19,22H,20H2,1-2H3,(H,32,35)/t22-/m0/s1. The molecule has 1 amide bonds. The summed E-state index contributed by atoms with van der Waals surface area (Å²) < 4.78 is 2.21. The summed E-state index contributed by atoms with van der Waals surface area (Å²) in [5, 5.41) is 14.9. The van der Waals surface area contributed by atoms with Crippen LogP contribution in [0.1, 0.15) is 40.0 Å².